The fraction of sp³-hybridized carbons (Fsp3) is 0.250. The monoisotopic (exact) mass is 253 g/mol. The van der Waals surface area contributed by atoms with Crippen LogP contribution in [-0.4, -0.2) is 9.55 Å². The summed E-state index contributed by atoms with van der Waals surface area (Å²) in [4.78, 5) is 4.22. The molecule has 0 spiro atoms. The zero-order chi connectivity index (χ0) is 12.4. The van der Waals surface area contributed by atoms with Crippen molar-refractivity contribution in [3.8, 4) is 0 Å². The number of hydrogen-bond acceptors (Lipinski definition) is 2. The van der Waals surface area contributed by atoms with Gasteiger partial charge in [0.05, 0.1) is 11.1 Å². The van der Waals surface area contributed by atoms with Crippen LogP contribution >= 0.6 is 11.6 Å². The van der Waals surface area contributed by atoms with Gasteiger partial charge in [0, 0.05) is 18.9 Å². The predicted octanol–water partition coefficient (Wildman–Crippen LogP) is 2.74. The Kier molecular flexibility index (Phi) is 3.45. The minimum absolute atomic E-state index is 0.0764. The summed E-state index contributed by atoms with van der Waals surface area (Å²) in [5.41, 5.74) is 6.84. The standard InChI is InChI=1S/C12H13ClFN3/c1-2-17-6-5-16-12(17)11(15)8-3-4-10(14)9(13)7-8/h3-7,11H,2,15H2,1H3. The van der Waals surface area contributed by atoms with Gasteiger partial charge in [-0.3, -0.25) is 0 Å². The van der Waals surface area contributed by atoms with Gasteiger partial charge in [0.25, 0.3) is 0 Å². The molecule has 2 rings (SSSR count). The number of nitrogens with zero attached hydrogens (tertiary/aromatic N) is 2. The molecule has 0 amide bonds. The van der Waals surface area contributed by atoms with Crippen molar-refractivity contribution in [1.29, 1.82) is 0 Å². The largest absolute Gasteiger partial charge is 0.334 e. The van der Waals surface area contributed by atoms with Crippen molar-refractivity contribution in [2.24, 2.45) is 5.73 Å². The van der Waals surface area contributed by atoms with E-state index in [1.54, 1.807) is 12.3 Å². The van der Waals surface area contributed by atoms with Crippen LogP contribution in [0.15, 0.2) is 30.6 Å². The Balaban J connectivity index is 2.36. The minimum Gasteiger partial charge on any atom is -0.334 e. The van der Waals surface area contributed by atoms with Gasteiger partial charge in [0.15, 0.2) is 0 Å². The number of rotatable bonds is 3. The van der Waals surface area contributed by atoms with E-state index in [1.807, 2.05) is 17.7 Å². The van der Waals surface area contributed by atoms with Gasteiger partial charge in [-0.25, -0.2) is 9.37 Å². The first-order valence-electron chi connectivity index (χ1n) is 5.35. The molecule has 0 aliphatic rings. The lowest BCUT2D eigenvalue weighted by atomic mass is 10.1. The molecule has 1 heterocycles. The maximum Gasteiger partial charge on any atom is 0.141 e. The molecule has 0 fully saturated rings. The van der Waals surface area contributed by atoms with Gasteiger partial charge < -0.3 is 10.3 Å². The van der Waals surface area contributed by atoms with Crippen molar-refractivity contribution in [2.75, 3.05) is 0 Å². The molecule has 0 radical (unpaired) electrons. The Hall–Kier alpha value is -1.39. The van der Waals surface area contributed by atoms with Gasteiger partial charge in [-0.1, -0.05) is 17.7 Å². The summed E-state index contributed by atoms with van der Waals surface area (Å²) in [6, 6.07) is 4.08. The fourth-order valence-electron chi connectivity index (χ4n) is 1.72. The average Bonchev–Trinajstić information content (AvgIpc) is 2.80. The van der Waals surface area contributed by atoms with Crippen LogP contribution in [0.25, 0.3) is 0 Å². The molecular formula is C12H13ClFN3. The normalized spacial score (nSPS) is 12.7. The molecule has 3 nitrogen and oxygen atoms in total. The molecule has 0 saturated heterocycles. The van der Waals surface area contributed by atoms with Gasteiger partial charge >= 0.3 is 0 Å². The highest BCUT2D eigenvalue weighted by atomic mass is 35.5. The third-order valence-corrected chi connectivity index (χ3v) is 2.96. The van der Waals surface area contributed by atoms with Gasteiger partial charge in [0.2, 0.25) is 0 Å². The highest BCUT2D eigenvalue weighted by Crippen LogP contribution is 2.23. The molecule has 90 valence electrons. The van der Waals surface area contributed by atoms with Gasteiger partial charge in [0.1, 0.15) is 11.6 Å². The fourth-order valence-corrected chi connectivity index (χ4v) is 1.91. The van der Waals surface area contributed by atoms with Crippen molar-refractivity contribution in [1.82, 2.24) is 9.55 Å². The molecule has 1 unspecified atom stereocenters. The SMILES string of the molecule is CCn1ccnc1C(N)c1ccc(F)c(Cl)c1. The Labute approximate surface area is 104 Å². The van der Waals surface area contributed by atoms with Crippen LogP contribution in [0.1, 0.15) is 24.4 Å². The van der Waals surface area contributed by atoms with Crippen LogP contribution in [0.2, 0.25) is 5.02 Å². The Morgan fingerprint density at radius 1 is 1.53 bits per heavy atom. The highest BCUT2D eigenvalue weighted by Gasteiger charge is 2.15. The van der Waals surface area contributed by atoms with Crippen LogP contribution in [0.4, 0.5) is 4.39 Å². The molecule has 2 aromatic rings. The molecule has 0 bridgehead atoms. The Morgan fingerprint density at radius 2 is 2.29 bits per heavy atom. The summed E-state index contributed by atoms with van der Waals surface area (Å²) in [5.74, 6) is 0.302. The van der Waals surface area contributed by atoms with E-state index in [9.17, 15) is 4.39 Å². The molecule has 2 N–H and O–H groups in total. The lowest BCUT2D eigenvalue weighted by Gasteiger charge is -2.13. The van der Waals surface area contributed by atoms with Crippen molar-refractivity contribution in [2.45, 2.75) is 19.5 Å². The number of imidazole rings is 1. The third-order valence-electron chi connectivity index (χ3n) is 2.67. The van der Waals surface area contributed by atoms with E-state index in [0.717, 1.165) is 17.9 Å². The number of aryl methyl sites for hydroxylation is 1. The van der Waals surface area contributed by atoms with E-state index in [0.29, 0.717) is 0 Å². The first-order valence-corrected chi connectivity index (χ1v) is 5.72. The summed E-state index contributed by atoms with van der Waals surface area (Å²) < 4.78 is 15.0. The number of hydrogen-bond donors (Lipinski definition) is 1. The molecule has 1 aromatic carbocycles. The van der Waals surface area contributed by atoms with Crippen LogP contribution in [0.5, 0.6) is 0 Å². The van der Waals surface area contributed by atoms with E-state index >= 15 is 0 Å². The van der Waals surface area contributed by atoms with E-state index in [4.69, 9.17) is 17.3 Å². The number of nitrogens with two attached hydrogens (primary N) is 1. The van der Waals surface area contributed by atoms with Crippen molar-refractivity contribution in [3.05, 3.63) is 52.8 Å². The van der Waals surface area contributed by atoms with Gasteiger partial charge in [-0.2, -0.15) is 0 Å². The zero-order valence-corrected chi connectivity index (χ0v) is 10.2. The lowest BCUT2D eigenvalue weighted by molar-refractivity contribution is 0.623. The quantitative estimate of drug-likeness (QED) is 0.914. The van der Waals surface area contributed by atoms with Crippen molar-refractivity contribution < 1.29 is 4.39 Å². The Morgan fingerprint density at radius 3 is 2.94 bits per heavy atom. The van der Waals surface area contributed by atoms with E-state index in [2.05, 4.69) is 4.98 Å². The minimum atomic E-state index is -0.443. The molecule has 0 aliphatic carbocycles. The first-order chi connectivity index (χ1) is 8.13. The van der Waals surface area contributed by atoms with Gasteiger partial charge in [-0.15, -0.1) is 0 Å². The topological polar surface area (TPSA) is 43.8 Å². The van der Waals surface area contributed by atoms with E-state index < -0.39 is 11.9 Å². The van der Waals surface area contributed by atoms with Crippen LogP contribution in [0, 0.1) is 5.82 Å². The van der Waals surface area contributed by atoms with Crippen molar-refractivity contribution in [3.63, 3.8) is 0 Å². The van der Waals surface area contributed by atoms with Crippen LogP contribution in [-0.2, 0) is 6.54 Å². The maximum absolute atomic E-state index is 13.1. The number of benzene rings is 1. The predicted molar refractivity (Wildman–Crippen MR) is 65.3 cm³/mol. The van der Waals surface area contributed by atoms with E-state index in [1.165, 1.54) is 12.1 Å². The average molecular weight is 254 g/mol. The number of halogens is 2. The second-order valence-electron chi connectivity index (χ2n) is 3.72. The summed E-state index contributed by atoms with van der Waals surface area (Å²) in [6.45, 7) is 2.80. The maximum atomic E-state index is 13.1. The third kappa shape index (κ3) is 2.33. The number of aromatic nitrogens is 2. The van der Waals surface area contributed by atoms with Crippen LogP contribution < -0.4 is 5.73 Å². The second-order valence-corrected chi connectivity index (χ2v) is 4.13. The first kappa shape index (κ1) is 12.1. The molecule has 1 atom stereocenters. The summed E-state index contributed by atoms with van der Waals surface area (Å²) in [6.07, 6.45) is 3.56. The van der Waals surface area contributed by atoms with E-state index in [-0.39, 0.29) is 5.02 Å². The summed E-state index contributed by atoms with van der Waals surface area (Å²) in [5, 5.41) is 0.0764. The molecule has 5 heteroatoms. The Bertz CT molecular complexity index is 524. The summed E-state index contributed by atoms with van der Waals surface area (Å²) >= 11 is 5.74. The second kappa shape index (κ2) is 4.85. The van der Waals surface area contributed by atoms with Gasteiger partial charge in [-0.05, 0) is 24.6 Å². The van der Waals surface area contributed by atoms with Crippen molar-refractivity contribution >= 4 is 11.6 Å². The smallest absolute Gasteiger partial charge is 0.141 e. The zero-order valence-electron chi connectivity index (χ0n) is 9.40. The highest BCUT2D eigenvalue weighted by molar-refractivity contribution is 6.30. The molecule has 1 aromatic heterocycles. The lowest BCUT2D eigenvalue weighted by Crippen LogP contribution is -2.17. The molecule has 0 aliphatic heterocycles. The summed E-state index contributed by atoms with van der Waals surface area (Å²) in [7, 11) is 0. The molecule has 17 heavy (non-hydrogen) atoms. The molecular weight excluding hydrogens is 241 g/mol. The van der Waals surface area contributed by atoms with Crippen LogP contribution in [0.3, 0.4) is 0 Å². The molecule has 0 saturated carbocycles.